The number of alkyl halides is 2. The van der Waals surface area contributed by atoms with E-state index in [9.17, 15) is 18.4 Å². The number of hydrogen-bond donors (Lipinski definition) is 1. The topological polar surface area (TPSA) is 63.6 Å². The van der Waals surface area contributed by atoms with Crippen molar-refractivity contribution in [2.45, 2.75) is 44.7 Å². The molecule has 1 aromatic heterocycles. The van der Waals surface area contributed by atoms with E-state index < -0.39 is 24.4 Å². The number of fused-ring (bicyclic) bond motifs is 2. The van der Waals surface area contributed by atoms with Gasteiger partial charge in [0.15, 0.2) is 11.4 Å². The Kier molecular flexibility index (Phi) is 3.99. The van der Waals surface area contributed by atoms with E-state index in [1.54, 1.807) is 0 Å². The maximum absolute atomic E-state index is 13.6. The summed E-state index contributed by atoms with van der Waals surface area (Å²) < 4.78 is 34.0. The molecule has 2 aliphatic rings. The van der Waals surface area contributed by atoms with Gasteiger partial charge in [0, 0.05) is 25.2 Å². The number of aromatic nitrogens is 1. The summed E-state index contributed by atoms with van der Waals surface area (Å²) in [6, 6.07) is 1.27. The molecule has 3 rings (SSSR count). The smallest absolute Gasteiger partial charge is 0.278 e. The summed E-state index contributed by atoms with van der Waals surface area (Å²) in [6.07, 6.45) is 1.42. The molecule has 6 nitrogen and oxygen atoms in total. The van der Waals surface area contributed by atoms with E-state index in [1.807, 2.05) is 6.92 Å². The molecule has 0 unspecified atom stereocenters. The van der Waals surface area contributed by atoms with E-state index in [1.165, 1.54) is 21.8 Å². The van der Waals surface area contributed by atoms with E-state index in [-0.39, 0.29) is 29.8 Å². The zero-order chi connectivity index (χ0) is 16.6. The Hall–Kier alpha value is -2.12. The Labute approximate surface area is 132 Å². The zero-order valence-corrected chi connectivity index (χ0v) is 12.8. The van der Waals surface area contributed by atoms with Crippen LogP contribution in [0.3, 0.4) is 0 Å². The van der Waals surface area contributed by atoms with Crippen molar-refractivity contribution < 1.29 is 18.3 Å². The summed E-state index contributed by atoms with van der Waals surface area (Å²) in [5, 5.41) is 0. The second-order valence-electron chi connectivity index (χ2n) is 5.88. The van der Waals surface area contributed by atoms with Gasteiger partial charge in [0.05, 0.1) is 13.0 Å². The lowest BCUT2D eigenvalue weighted by atomic mass is 10.0. The Morgan fingerprint density at radius 2 is 2.22 bits per heavy atom. The quantitative estimate of drug-likeness (QED) is 0.856. The average Bonchev–Trinajstić information content (AvgIpc) is 2.49. The highest BCUT2D eigenvalue weighted by molar-refractivity contribution is 5.96. The predicted molar refractivity (Wildman–Crippen MR) is 79.5 cm³/mol. The van der Waals surface area contributed by atoms with Crippen LogP contribution in [0.15, 0.2) is 17.1 Å². The summed E-state index contributed by atoms with van der Waals surface area (Å²) in [5.74, 6) is -3.27. The van der Waals surface area contributed by atoms with Crippen LogP contribution in [0, 0.1) is 0 Å². The number of nitrogens with one attached hydrogen (secondary N) is 1. The fourth-order valence-corrected chi connectivity index (χ4v) is 2.87. The van der Waals surface area contributed by atoms with Crippen molar-refractivity contribution in [2.75, 3.05) is 18.6 Å². The minimum atomic E-state index is -2.80. The number of carbonyl (C=O) groups is 1. The summed E-state index contributed by atoms with van der Waals surface area (Å²) in [7, 11) is 0. The number of unbranched alkanes of at least 4 members (excludes halogenated alkanes) is 1. The molecule has 23 heavy (non-hydrogen) atoms. The van der Waals surface area contributed by atoms with Gasteiger partial charge in [-0.05, 0) is 6.42 Å². The van der Waals surface area contributed by atoms with Crippen molar-refractivity contribution in [3.05, 3.63) is 28.2 Å². The molecule has 2 aliphatic heterocycles. The molecule has 126 valence electrons. The van der Waals surface area contributed by atoms with Gasteiger partial charge in [-0.1, -0.05) is 13.3 Å². The van der Waals surface area contributed by atoms with E-state index in [4.69, 9.17) is 4.74 Å². The Balaban J connectivity index is 1.95. The molecule has 8 heteroatoms. The van der Waals surface area contributed by atoms with Gasteiger partial charge in [0.1, 0.15) is 6.17 Å². The van der Waals surface area contributed by atoms with E-state index in [0.29, 0.717) is 6.61 Å². The Morgan fingerprint density at radius 1 is 1.43 bits per heavy atom. The zero-order valence-electron chi connectivity index (χ0n) is 12.8. The van der Waals surface area contributed by atoms with Crippen LogP contribution >= 0.6 is 0 Å². The van der Waals surface area contributed by atoms with Crippen molar-refractivity contribution in [2.24, 2.45) is 0 Å². The number of hydrogen-bond acceptors (Lipinski definition) is 4. The first-order valence-electron chi connectivity index (χ1n) is 7.77. The first kappa shape index (κ1) is 15.8. The molecule has 3 heterocycles. The second kappa shape index (κ2) is 5.82. The summed E-state index contributed by atoms with van der Waals surface area (Å²) in [5.41, 5.74) is 2.56. The van der Waals surface area contributed by atoms with Crippen molar-refractivity contribution in [1.29, 1.82) is 0 Å². The standard InChI is InChI=1S/C15H19F2N3O3/c1-2-3-8-23-13-10(21)4-6-20-12(13)14(22)19-7-5-15(16,17)9-11(19)18-20/h4,6,11,18H,2-3,5,7-9H2,1H3/t11-/m0/s1. The third kappa shape index (κ3) is 2.89. The van der Waals surface area contributed by atoms with E-state index in [2.05, 4.69) is 5.43 Å². The summed E-state index contributed by atoms with van der Waals surface area (Å²) >= 11 is 0. The van der Waals surface area contributed by atoms with Gasteiger partial charge in [-0.25, -0.2) is 8.78 Å². The van der Waals surface area contributed by atoms with E-state index >= 15 is 0 Å². The van der Waals surface area contributed by atoms with Gasteiger partial charge in [-0.2, -0.15) is 0 Å². The van der Waals surface area contributed by atoms with Crippen molar-refractivity contribution in [1.82, 2.24) is 9.58 Å². The van der Waals surface area contributed by atoms with Crippen LogP contribution in [-0.4, -0.2) is 40.7 Å². The first-order chi connectivity index (χ1) is 10.9. The largest absolute Gasteiger partial charge is 0.487 e. The third-order valence-corrected chi connectivity index (χ3v) is 4.14. The molecule has 0 aliphatic carbocycles. The van der Waals surface area contributed by atoms with Crippen molar-refractivity contribution >= 4 is 5.91 Å². The van der Waals surface area contributed by atoms with Crippen molar-refractivity contribution in [3.63, 3.8) is 0 Å². The minimum Gasteiger partial charge on any atom is -0.487 e. The van der Waals surface area contributed by atoms with Gasteiger partial charge in [-0.3, -0.25) is 14.3 Å². The molecule has 0 radical (unpaired) electrons. The molecular weight excluding hydrogens is 308 g/mol. The first-order valence-corrected chi connectivity index (χ1v) is 7.77. The highest BCUT2D eigenvalue weighted by Gasteiger charge is 2.45. The monoisotopic (exact) mass is 327 g/mol. The van der Waals surface area contributed by atoms with Gasteiger partial charge in [0.2, 0.25) is 5.43 Å². The minimum absolute atomic E-state index is 0.0192. The lowest BCUT2D eigenvalue weighted by Crippen LogP contribution is -2.59. The molecule has 0 saturated carbocycles. The molecule has 0 aromatic carbocycles. The highest BCUT2D eigenvalue weighted by Crippen LogP contribution is 2.34. The maximum Gasteiger partial charge on any atom is 0.278 e. The highest BCUT2D eigenvalue weighted by atomic mass is 19.3. The molecule has 1 atom stereocenters. The third-order valence-electron chi connectivity index (χ3n) is 4.14. The van der Waals surface area contributed by atoms with Crippen LogP contribution in [0.4, 0.5) is 8.78 Å². The number of amides is 1. The van der Waals surface area contributed by atoms with Crippen LogP contribution in [0.25, 0.3) is 0 Å². The van der Waals surface area contributed by atoms with E-state index in [0.717, 1.165) is 12.8 Å². The lowest BCUT2D eigenvalue weighted by molar-refractivity contribution is -0.0692. The number of ether oxygens (including phenoxy) is 1. The fraction of sp³-hybridized carbons (Fsp3) is 0.600. The van der Waals surface area contributed by atoms with Gasteiger partial charge < -0.3 is 15.1 Å². The lowest BCUT2D eigenvalue weighted by Gasteiger charge is -2.44. The molecule has 1 fully saturated rings. The Morgan fingerprint density at radius 3 is 2.96 bits per heavy atom. The average molecular weight is 327 g/mol. The SMILES string of the molecule is CCCCOc1c2n(ccc1=O)N[C@@H]1CC(F)(F)CCN1C2=O. The molecule has 1 amide bonds. The number of nitrogens with zero attached hydrogens (tertiary/aromatic N) is 2. The number of piperidine rings is 1. The normalized spacial score (nSPS) is 22.1. The van der Waals surface area contributed by atoms with Crippen LogP contribution in [-0.2, 0) is 0 Å². The second-order valence-corrected chi connectivity index (χ2v) is 5.88. The number of halogens is 2. The maximum atomic E-state index is 13.6. The predicted octanol–water partition coefficient (Wildman–Crippen LogP) is 1.78. The van der Waals surface area contributed by atoms with Gasteiger partial charge >= 0.3 is 0 Å². The summed E-state index contributed by atoms with van der Waals surface area (Å²) in [6.45, 7) is 2.26. The number of carbonyl (C=O) groups excluding carboxylic acids is 1. The van der Waals surface area contributed by atoms with Crippen LogP contribution in [0.5, 0.6) is 5.75 Å². The molecule has 1 saturated heterocycles. The van der Waals surface area contributed by atoms with Gasteiger partial charge in [-0.15, -0.1) is 0 Å². The Bertz CT molecular complexity index is 674. The summed E-state index contributed by atoms with van der Waals surface area (Å²) in [4.78, 5) is 26.1. The molecular formula is C15H19F2N3O3. The fourth-order valence-electron chi connectivity index (χ4n) is 2.87. The van der Waals surface area contributed by atoms with Crippen LogP contribution in [0.2, 0.25) is 0 Å². The van der Waals surface area contributed by atoms with Crippen molar-refractivity contribution in [3.8, 4) is 5.75 Å². The molecule has 1 aromatic rings. The van der Waals surface area contributed by atoms with Crippen LogP contribution < -0.4 is 15.6 Å². The number of pyridine rings is 1. The molecule has 1 N–H and O–H groups in total. The molecule has 0 bridgehead atoms. The number of rotatable bonds is 4. The molecule has 0 spiro atoms. The van der Waals surface area contributed by atoms with Gasteiger partial charge in [0.25, 0.3) is 11.8 Å². The van der Waals surface area contributed by atoms with Crippen LogP contribution in [0.1, 0.15) is 43.1 Å².